The Balaban J connectivity index is 1.24. The summed E-state index contributed by atoms with van der Waals surface area (Å²) in [5, 5.41) is 7.11. The minimum absolute atomic E-state index is 0.128. The minimum Gasteiger partial charge on any atom is -0.369 e. The van der Waals surface area contributed by atoms with Gasteiger partial charge in [0.1, 0.15) is 5.82 Å². The van der Waals surface area contributed by atoms with E-state index < -0.39 is 0 Å². The number of nitrogens with one attached hydrogen (secondary N) is 2. The maximum atomic E-state index is 4.65. The first kappa shape index (κ1) is 17.6. The van der Waals surface area contributed by atoms with Crippen LogP contribution in [-0.2, 0) is 0 Å². The maximum absolute atomic E-state index is 4.65. The molecule has 0 spiro atoms. The topological polar surface area (TPSA) is 47.8 Å². The number of likely N-dealkylation sites (N-methyl/N-ethyl adjacent to an activating group) is 1. The van der Waals surface area contributed by atoms with Gasteiger partial charge in [-0.25, -0.2) is 4.99 Å². The van der Waals surface area contributed by atoms with Crippen LogP contribution in [0.15, 0.2) is 41.5 Å². The predicted octanol–water partition coefficient (Wildman–Crippen LogP) is 3.60. The molecule has 148 valence electrons. The molecule has 5 rings (SSSR count). The zero-order valence-corrected chi connectivity index (χ0v) is 16.6. The first-order valence-electron chi connectivity index (χ1n) is 10.6. The van der Waals surface area contributed by atoms with Crippen LogP contribution in [0.3, 0.4) is 0 Å². The summed E-state index contributed by atoms with van der Waals surface area (Å²) in [5.41, 5.74) is 3.58. The van der Waals surface area contributed by atoms with Crippen LogP contribution in [0.4, 0.5) is 17.2 Å². The van der Waals surface area contributed by atoms with Crippen molar-refractivity contribution in [2.24, 2.45) is 4.99 Å². The highest BCUT2D eigenvalue weighted by Gasteiger charge is 2.23. The van der Waals surface area contributed by atoms with Gasteiger partial charge in [-0.3, -0.25) is 0 Å². The van der Waals surface area contributed by atoms with E-state index in [-0.39, 0.29) is 6.29 Å². The van der Waals surface area contributed by atoms with Gasteiger partial charge >= 0.3 is 0 Å². The summed E-state index contributed by atoms with van der Waals surface area (Å²) in [6, 6.07) is 11.6. The summed E-state index contributed by atoms with van der Waals surface area (Å²) in [4.78, 5) is 9.49. The summed E-state index contributed by atoms with van der Waals surface area (Å²) in [6.07, 6.45) is 9.33. The number of anilines is 3. The van der Waals surface area contributed by atoms with Crippen LogP contribution in [0.5, 0.6) is 0 Å². The Hall–Kier alpha value is -2.47. The summed E-state index contributed by atoms with van der Waals surface area (Å²) < 4.78 is 2.42. The van der Waals surface area contributed by atoms with Crippen LogP contribution in [0.1, 0.15) is 37.3 Å². The lowest BCUT2D eigenvalue weighted by Crippen LogP contribution is -2.44. The number of fused-ring (bicyclic) bond motifs is 1. The number of aromatic nitrogens is 1. The molecule has 1 aromatic carbocycles. The summed E-state index contributed by atoms with van der Waals surface area (Å²) >= 11 is 0. The van der Waals surface area contributed by atoms with Crippen LogP contribution >= 0.6 is 0 Å². The molecule has 1 aromatic heterocycles. The van der Waals surface area contributed by atoms with Gasteiger partial charge in [0.05, 0.1) is 0 Å². The molecule has 3 heterocycles. The van der Waals surface area contributed by atoms with Crippen LogP contribution in [0, 0.1) is 0 Å². The fourth-order valence-corrected chi connectivity index (χ4v) is 4.60. The minimum atomic E-state index is -0.128. The van der Waals surface area contributed by atoms with E-state index in [0.717, 1.165) is 31.9 Å². The molecule has 2 aromatic rings. The largest absolute Gasteiger partial charge is 0.369 e. The van der Waals surface area contributed by atoms with E-state index in [9.17, 15) is 0 Å². The summed E-state index contributed by atoms with van der Waals surface area (Å²) in [6.45, 7) is 4.45. The molecule has 0 bridgehead atoms. The third kappa shape index (κ3) is 3.49. The van der Waals surface area contributed by atoms with E-state index in [1.54, 1.807) is 0 Å². The maximum Gasteiger partial charge on any atom is 0.195 e. The number of benzene rings is 1. The Morgan fingerprint density at radius 2 is 1.75 bits per heavy atom. The number of piperazine rings is 1. The Morgan fingerprint density at radius 3 is 2.50 bits per heavy atom. The Bertz CT molecular complexity index is 825. The molecule has 1 aliphatic carbocycles. The second-order valence-corrected chi connectivity index (χ2v) is 8.27. The molecule has 1 unspecified atom stereocenters. The molecule has 6 heteroatoms. The lowest BCUT2D eigenvalue weighted by molar-refractivity contribution is 0.313. The zero-order chi connectivity index (χ0) is 18.9. The number of hydrogen-bond acceptors (Lipinski definition) is 5. The van der Waals surface area contributed by atoms with Crippen LogP contribution in [-0.4, -0.2) is 55.2 Å². The lowest BCUT2D eigenvalue weighted by Gasteiger charge is -2.34. The van der Waals surface area contributed by atoms with Crippen LogP contribution in [0.2, 0.25) is 0 Å². The molecular weight excluding hydrogens is 348 g/mol. The molecular formula is C22H30N6. The molecule has 28 heavy (non-hydrogen) atoms. The van der Waals surface area contributed by atoms with Gasteiger partial charge in [0.25, 0.3) is 0 Å². The molecule has 0 radical (unpaired) electrons. The van der Waals surface area contributed by atoms with Gasteiger partial charge in [0, 0.05) is 61.6 Å². The Kier molecular flexibility index (Phi) is 4.72. The lowest BCUT2D eigenvalue weighted by atomic mass is 10.2. The molecule has 6 nitrogen and oxygen atoms in total. The highest BCUT2D eigenvalue weighted by Crippen LogP contribution is 2.34. The van der Waals surface area contributed by atoms with Crippen molar-refractivity contribution in [3.63, 3.8) is 0 Å². The van der Waals surface area contributed by atoms with Gasteiger partial charge in [0.15, 0.2) is 6.29 Å². The number of rotatable bonds is 4. The van der Waals surface area contributed by atoms with Crippen molar-refractivity contribution in [3.8, 4) is 0 Å². The van der Waals surface area contributed by atoms with E-state index in [1.165, 1.54) is 42.8 Å². The fraction of sp³-hybridized carbons (Fsp3) is 0.500. The third-order valence-corrected chi connectivity index (χ3v) is 6.34. The molecule has 1 saturated carbocycles. The quantitative estimate of drug-likeness (QED) is 0.854. The third-order valence-electron chi connectivity index (χ3n) is 6.34. The first-order chi connectivity index (χ1) is 13.8. The Morgan fingerprint density at radius 1 is 1.00 bits per heavy atom. The zero-order valence-electron chi connectivity index (χ0n) is 16.6. The van der Waals surface area contributed by atoms with Crippen LogP contribution in [0.25, 0.3) is 0 Å². The predicted molar refractivity (Wildman–Crippen MR) is 117 cm³/mol. The fourth-order valence-electron chi connectivity index (χ4n) is 4.60. The van der Waals surface area contributed by atoms with E-state index in [1.807, 2.05) is 6.21 Å². The summed E-state index contributed by atoms with van der Waals surface area (Å²) in [5.74, 6) is 1.20. The molecule has 2 fully saturated rings. The van der Waals surface area contributed by atoms with Gasteiger partial charge in [-0.1, -0.05) is 12.8 Å². The van der Waals surface area contributed by atoms with Gasteiger partial charge in [0.2, 0.25) is 0 Å². The van der Waals surface area contributed by atoms with Crippen molar-refractivity contribution in [2.45, 2.75) is 38.0 Å². The number of hydrogen-bond donors (Lipinski definition) is 2. The standard InChI is InChI=1S/C22H30N6/c1-26-12-14-27(15-13-26)19-8-6-18(7-9-19)24-22-23-16-17-10-11-28(21(17)25-22)20-4-2-3-5-20/h6-11,16,20,22,24-25H,2-5,12-15H2,1H3. The van der Waals surface area contributed by atoms with Gasteiger partial charge in [-0.05, 0) is 50.2 Å². The first-order valence-corrected chi connectivity index (χ1v) is 10.6. The van der Waals surface area contributed by atoms with E-state index in [2.05, 4.69) is 73.6 Å². The van der Waals surface area contributed by atoms with Crippen molar-refractivity contribution >= 4 is 23.4 Å². The average molecular weight is 379 g/mol. The monoisotopic (exact) mass is 378 g/mol. The van der Waals surface area contributed by atoms with E-state index in [4.69, 9.17) is 0 Å². The normalized spacial score (nSPS) is 22.9. The van der Waals surface area contributed by atoms with E-state index >= 15 is 0 Å². The Labute approximate surface area is 167 Å². The highest BCUT2D eigenvalue weighted by atomic mass is 15.3. The van der Waals surface area contributed by atoms with Gasteiger partial charge in [-0.2, -0.15) is 0 Å². The van der Waals surface area contributed by atoms with E-state index in [0.29, 0.717) is 6.04 Å². The second-order valence-electron chi connectivity index (χ2n) is 8.27. The van der Waals surface area contributed by atoms with Crippen molar-refractivity contribution in [2.75, 3.05) is 48.8 Å². The smallest absolute Gasteiger partial charge is 0.195 e. The second kappa shape index (κ2) is 7.51. The highest BCUT2D eigenvalue weighted by molar-refractivity contribution is 5.89. The van der Waals surface area contributed by atoms with Gasteiger partial charge in [-0.15, -0.1) is 0 Å². The molecule has 1 saturated heterocycles. The summed E-state index contributed by atoms with van der Waals surface area (Å²) in [7, 11) is 2.19. The molecule has 1 atom stereocenters. The number of aliphatic imine (C=N–C) groups is 1. The SMILES string of the molecule is CN1CCN(c2ccc(NC3N=Cc4ccn(C5CCCC5)c4N3)cc2)CC1. The van der Waals surface area contributed by atoms with Crippen molar-refractivity contribution < 1.29 is 0 Å². The van der Waals surface area contributed by atoms with Gasteiger partial charge < -0.3 is 25.0 Å². The average Bonchev–Trinajstić information content (AvgIpc) is 3.38. The van der Waals surface area contributed by atoms with Crippen molar-refractivity contribution in [1.82, 2.24) is 9.47 Å². The molecule has 0 amide bonds. The molecule has 2 aliphatic heterocycles. The molecule has 2 N–H and O–H groups in total. The molecule has 3 aliphatic rings. The number of nitrogens with zero attached hydrogens (tertiary/aromatic N) is 4. The van der Waals surface area contributed by atoms with Crippen molar-refractivity contribution in [3.05, 3.63) is 42.1 Å². The van der Waals surface area contributed by atoms with Crippen molar-refractivity contribution in [1.29, 1.82) is 0 Å². The van der Waals surface area contributed by atoms with Crippen LogP contribution < -0.4 is 15.5 Å².